The first-order chi connectivity index (χ1) is 9.66. The molecule has 1 aliphatic heterocycles. The van der Waals surface area contributed by atoms with E-state index < -0.39 is 0 Å². The summed E-state index contributed by atoms with van der Waals surface area (Å²) in [6.07, 6.45) is 5.26. The van der Waals surface area contributed by atoms with E-state index in [1.807, 2.05) is 12.1 Å². The van der Waals surface area contributed by atoms with Crippen LogP contribution in [0, 0.1) is 5.82 Å². The molecule has 1 saturated heterocycles. The smallest absolute Gasteiger partial charge is 0.123 e. The summed E-state index contributed by atoms with van der Waals surface area (Å²) in [5.74, 6) is -0.167. The van der Waals surface area contributed by atoms with Crippen molar-refractivity contribution >= 4 is 0 Å². The molecule has 2 unspecified atom stereocenters. The number of nitrogens with one attached hydrogen (secondary N) is 1. The summed E-state index contributed by atoms with van der Waals surface area (Å²) < 4.78 is 12.9. The molecule has 112 valence electrons. The minimum Gasteiger partial charge on any atom is -0.310 e. The van der Waals surface area contributed by atoms with E-state index in [0.717, 1.165) is 18.2 Å². The third kappa shape index (κ3) is 4.57. The number of rotatable bonds is 6. The molecule has 0 spiro atoms. The second kappa shape index (κ2) is 7.75. The second-order valence-corrected chi connectivity index (χ2v) is 5.96. The van der Waals surface area contributed by atoms with Crippen LogP contribution >= 0.6 is 0 Å². The average molecular weight is 278 g/mol. The number of nitrogens with zero attached hydrogens (tertiary/aromatic N) is 1. The SMILES string of the molecule is CC(NCCCN1CCCCC1C)c1ccc(F)cc1. The molecule has 2 atom stereocenters. The third-order valence-corrected chi connectivity index (χ3v) is 4.38. The van der Waals surface area contributed by atoms with Crippen LogP contribution in [-0.2, 0) is 0 Å². The molecule has 0 radical (unpaired) electrons. The van der Waals surface area contributed by atoms with Crippen molar-refractivity contribution in [3.05, 3.63) is 35.6 Å². The Morgan fingerprint density at radius 2 is 2.05 bits per heavy atom. The maximum atomic E-state index is 12.9. The van der Waals surface area contributed by atoms with Gasteiger partial charge in [-0.2, -0.15) is 0 Å². The van der Waals surface area contributed by atoms with Crippen LogP contribution in [0.5, 0.6) is 0 Å². The van der Waals surface area contributed by atoms with Gasteiger partial charge in [-0.25, -0.2) is 4.39 Å². The first-order valence-electron chi connectivity index (χ1n) is 7.89. The summed E-state index contributed by atoms with van der Waals surface area (Å²) >= 11 is 0. The monoisotopic (exact) mass is 278 g/mol. The van der Waals surface area contributed by atoms with E-state index in [1.54, 1.807) is 0 Å². The largest absolute Gasteiger partial charge is 0.310 e. The van der Waals surface area contributed by atoms with E-state index in [-0.39, 0.29) is 11.9 Å². The summed E-state index contributed by atoms with van der Waals surface area (Å²) in [6.45, 7) is 7.94. The van der Waals surface area contributed by atoms with Crippen molar-refractivity contribution in [1.29, 1.82) is 0 Å². The van der Waals surface area contributed by atoms with Crippen molar-refractivity contribution in [2.24, 2.45) is 0 Å². The lowest BCUT2D eigenvalue weighted by Gasteiger charge is -2.33. The lowest BCUT2D eigenvalue weighted by molar-refractivity contribution is 0.158. The van der Waals surface area contributed by atoms with E-state index in [4.69, 9.17) is 0 Å². The second-order valence-electron chi connectivity index (χ2n) is 5.96. The molecule has 1 aliphatic rings. The number of likely N-dealkylation sites (tertiary alicyclic amines) is 1. The third-order valence-electron chi connectivity index (χ3n) is 4.38. The number of hydrogen-bond donors (Lipinski definition) is 1. The molecule has 0 aromatic heterocycles. The Kier molecular flexibility index (Phi) is 5.99. The number of halogens is 1. The number of hydrogen-bond acceptors (Lipinski definition) is 2. The van der Waals surface area contributed by atoms with Crippen molar-refractivity contribution in [2.75, 3.05) is 19.6 Å². The minimum absolute atomic E-state index is 0.167. The summed E-state index contributed by atoms with van der Waals surface area (Å²) in [5.41, 5.74) is 1.15. The molecule has 1 N–H and O–H groups in total. The fraction of sp³-hybridized carbons (Fsp3) is 0.647. The summed E-state index contributed by atoms with van der Waals surface area (Å²) in [7, 11) is 0. The Balaban J connectivity index is 1.66. The predicted molar refractivity (Wildman–Crippen MR) is 82.3 cm³/mol. The van der Waals surface area contributed by atoms with Gasteiger partial charge in [0.2, 0.25) is 0 Å². The van der Waals surface area contributed by atoms with Crippen LogP contribution in [-0.4, -0.2) is 30.6 Å². The fourth-order valence-corrected chi connectivity index (χ4v) is 2.96. The van der Waals surface area contributed by atoms with Gasteiger partial charge in [0.15, 0.2) is 0 Å². The maximum absolute atomic E-state index is 12.9. The normalized spacial score (nSPS) is 21.9. The molecule has 0 bridgehead atoms. The van der Waals surface area contributed by atoms with E-state index >= 15 is 0 Å². The predicted octanol–water partition coefficient (Wildman–Crippen LogP) is 3.74. The number of piperidine rings is 1. The van der Waals surface area contributed by atoms with Gasteiger partial charge in [0, 0.05) is 12.1 Å². The van der Waals surface area contributed by atoms with Gasteiger partial charge in [-0.05, 0) is 70.4 Å². The highest BCUT2D eigenvalue weighted by Crippen LogP contribution is 2.16. The van der Waals surface area contributed by atoms with Gasteiger partial charge in [0.05, 0.1) is 0 Å². The molecule has 0 amide bonds. The van der Waals surface area contributed by atoms with E-state index in [9.17, 15) is 4.39 Å². The molecule has 0 saturated carbocycles. The molecule has 1 heterocycles. The molecule has 1 fully saturated rings. The maximum Gasteiger partial charge on any atom is 0.123 e. The Morgan fingerprint density at radius 1 is 1.30 bits per heavy atom. The van der Waals surface area contributed by atoms with Crippen LogP contribution in [0.25, 0.3) is 0 Å². The van der Waals surface area contributed by atoms with Gasteiger partial charge in [0.25, 0.3) is 0 Å². The summed E-state index contributed by atoms with van der Waals surface area (Å²) in [4.78, 5) is 2.60. The van der Waals surface area contributed by atoms with Crippen LogP contribution in [0.3, 0.4) is 0 Å². The van der Waals surface area contributed by atoms with Crippen LogP contribution in [0.15, 0.2) is 24.3 Å². The van der Waals surface area contributed by atoms with Crippen LogP contribution in [0.2, 0.25) is 0 Å². The Bertz CT molecular complexity index is 390. The van der Waals surface area contributed by atoms with Gasteiger partial charge in [-0.15, -0.1) is 0 Å². The van der Waals surface area contributed by atoms with Gasteiger partial charge in [0.1, 0.15) is 5.82 Å². The zero-order valence-electron chi connectivity index (χ0n) is 12.7. The van der Waals surface area contributed by atoms with Gasteiger partial charge < -0.3 is 10.2 Å². The van der Waals surface area contributed by atoms with E-state index in [1.165, 1.54) is 50.9 Å². The van der Waals surface area contributed by atoms with Gasteiger partial charge in [-0.3, -0.25) is 0 Å². The van der Waals surface area contributed by atoms with Crippen molar-refractivity contribution in [1.82, 2.24) is 10.2 Å². The highest BCUT2D eigenvalue weighted by atomic mass is 19.1. The summed E-state index contributed by atoms with van der Waals surface area (Å²) in [5, 5.41) is 3.52. The molecular formula is C17H27FN2. The fourth-order valence-electron chi connectivity index (χ4n) is 2.96. The Labute approximate surface area is 122 Å². The zero-order chi connectivity index (χ0) is 14.4. The zero-order valence-corrected chi connectivity index (χ0v) is 12.7. The highest BCUT2D eigenvalue weighted by molar-refractivity contribution is 5.19. The van der Waals surface area contributed by atoms with E-state index in [0.29, 0.717) is 0 Å². The lowest BCUT2D eigenvalue weighted by atomic mass is 10.0. The molecule has 0 aliphatic carbocycles. The van der Waals surface area contributed by atoms with Gasteiger partial charge in [-0.1, -0.05) is 18.6 Å². The van der Waals surface area contributed by atoms with Crippen molar-refractivity contribution in [2.45, 2.75) is 51.6 Å². The van der Waals surface area contributed by atoms with Crippen molar-refractivity contribution < 1.29 is 4.39 Å². The van der Waals surface area contributed by atoms with E-state index in [2.05, 4.69) is 24.1 Å². The van der Waals surface area contributed by atoms with Crippen LogP contribution in [0.1, 0.15) is 51.1 Å². The van der Waals surface area contributed by atoms with Crippen molar-refractivity contribution in [3.8, 4) is 0 Å². The minimum atomic E-state index is -0.167. The lowest BCUT2D eigenvalue weighted by Crippen LogP contribution is -2.39. The molecule has 2 nitrogen and oxygen atoms in total. The first kappa shape index (κ1) is 15.5. The van der Waals surface area contributed by atoms with Crippen LogP contribution < -0.4 is 5.32 Å². The van der Waals surface area contributed by atoms with Gasteiger partial charge >= 0.3 is 0 Å². The summed E-state index contributed by atoms with van der Waals surface area (Å²) in [6, 6.07) is 7.82. The molecule has 1 aromatic rings. The number of benzene rings is 1. The molecule has 20 heavy (non-hydrogen) atoms. The standard InChI is InChI=1S/C17H27FN2/c1-14-6-3-4-12-20(14)13-5-11-19-15(2)16-7-9-17(18)10-8-16/h7-10,14-15,19H,3-6,11-13H2,1-2H3. The Morgan fingerprint density at radius 3 is 2.75 bits per heavy atom. The molecular weight excluding hydrogens is 251 g/mol. The topological polar surface area (TPSA) is 15.3 Å². The average Bonchev–Trinajstić information content (AvgIpc) is 2.46. The highest BCUT2D eigenvalue weighted by Gasteiger charge is 2.17. The molecule has 2 rings (SSSR count). The molecule has 1 aromatic carbocycles. The van der Waals surface area contributed by atoms with Crippen LogP contribution in [0.4, 0.5) is 4.39 Å². The quantitative estimate of drug-likeness (QED) is 0.797. The Hall–Kier alpha value is -0.930. The first-order valence-corrected chi connectivity index (χ1v) is 7.89. The van der Waals surface area contributed by atoms with Crippen molar-refractivity contribution in [3.63, 3.8) is 0 Å². The molecule has 3 heteroatoms.